The molecule has 0 radical (unpaired) electrons. The van der Waals surface area contributed by atoms with E-state index in [1.165, 1.54) is 13.4 Å². The highest BCUT2D eigenvalue weighted by atomic mass is 16.9. The number of carbonyl (C=O) groups is 1. The highest BCUT2D eigenvalue weighted by Crippen LogP contribution is 2.44. The highest BCUT2D eigenvalue weighted by molar-refractivity contribution is 5.86. The summed E-state index contributed by atoms with van der Waals surface area (Å²) in [5, 5.41) is 0. The summed E-state index contributed by atoms with van der Waals surface area (Å²) < 4.78 is 40.0. The van der Waals surface area contributed by atoms with Crippen LogP contribution in [0.2, 0.25) is 0 Å². The molecular weight excluding hydrogens is 370 g/mol. The third-order valence-corrected chi connectivity index (χ3v) is 4.80. The second-order valence-electron chi connectivity index (χ2n) is 7.91. The molecule has 0 saturated carbocycles. The van der Waals surface area contributed by atoms with E-state index in [-0.39, 0.29) is 30.1 Å². The molecule has 3 aliphatic rings. The molecule has 5 atom stereocenters. The Morgan fingerprint density at radius 1 is 1.11 bits per heavy atom. The first-order chi connectivity index (χ1) is 13.2. The summed E-state index contributed by atoms with van der Waals surface area (Å²) in [6.45, 7) is 7.44. The van der Waals surface area contributed by atoms with Crippen molar-refractivity contribution in [2.75, 3.05) is 7.11 Å². The average Bonchev–Trinajstić information content (AvgIpc) is 3.28. The minimum Gasteiger partial charge on any atom is -0.464 e. The van der Waals surface area contributed by atoms with E-state index in [4.69, 9.17) is 28.1 Å². The molecule has 0 aliphatic carbocycles. The Kier molecular flexibility index (Phi) is 4.83. The predicted octanol–water partition coefficient (Wildman–Crippen LogP) is 2.26. The van der Waals surface area contributed by atoms with Crippen molar-refractivity contribution in [3.05, 3.63) is 23.9 Å². The van der Waals surface area contributed by atoms with Crippen LogP contribution in [0.4, 0.5) is 0 Å². The maximum Gasteiger partial charge on any atom is 0.360 e. The molecule has 3 saturated heterocycles. The van der Waals surface area contributed by atoms with E-state index in [1.807, 2.05) is 33.8 Å². The minimum atomic E-state index is -0.747. The van der Waals surface area contributed by atoms with Crippen LogP contribution in [0.15, 0.2) is 16.8 Å². The second kappa shape index (κ2) is 6.93. The summed E-state index contributed by atoms with van der Waals surface area (Å²) in [5.74, 6) is -1.73. The maximum atomic E-state index is 11.4. The Labute approximate surface area is 162 Å². The fourth-order valence-electron chi connectivity index (χ4n) is 3.75. The Balaban J connectivity index is 1.46. The van der Waals surface area contributed by atoms with Gasteiger partial charge in [0.2, 0.25) is 5.89 Å². The van der Waals surface area contributed by atoms with Gasteiger partial charge < -0.3 is 32.8 Å². The Morgan fingerprint density at radius 2 is 1.79 bits per heavy atom. The highest BCUT2D eigenvalue weighted by Gasteiger charge is 2.60. The van der Waals surface area contributed by atoms with E-state index in [0.717, 1.165) is 0 Å². The fourth-order valence-corrected chi connectivity index (χ4v) is 3.75. The van der Waals surface area contributed by atoms with Crippen molar-refractivity contribution in [1.29, 1.82) is 0 Å². The number of methoxy groups -OCH3 is 1. The van der Waals surface area contributed by atoms with E-state index < -0.39 is 23.8 Å². The molecule has 4 heterocycles. The van der Waals surface area contributed by atoms with Crippen LogP contribution in [-0.2, 0) is 28.4 Å². The van der Waals surface area contributed by atoms with E-state index in [0.29, 0.717) is 12.3 Å². The van der Waals surface area contributed by atoms with Gasteiger partial charge in [0, 0.05) is 0 Å². The van der Waals surface area contributed by atoms with Gasteiger partial charge in [0.05, 0.1) is 13.2 Å². The lowest BCUT2D eigenvalue weighted by atomic mass is 9.97. The van der Waals surface area contributed by atoms with Gasteiger partial charge in [-0.25, -0.2) is 9.78 Å². The number of nitrogens with zero attached hydrogens (tertiary/aromatic N) is 1. The molecule has 0 N–H and O–H groups in total. The van der Waals surface area contributed by atoms with Gasteiger partial charge in [0.1, 0.15) is 24.6 Å². The van der Waals surface area contributed by atoms with Crippen LogP contribution in [-0.4, -0.2) is 60.3 Å². The summed E-state index contributed by atoms with van der Waals surface area (Å²) in [5.41, 5.74) is 0.118. The molecule has 28 heavy (non-hydrogen) atoms. The van der Waals surface area contributed by atoms with Crippen molar-refractivity contribution in [1.82, 2.24) is 4.98 Å². The van der Waals surface area contributed by atoms with E-state index >= 15 is 0 Å². The molecule has 3 aliphatic heterocycles. The number of hydrogen-bond acceptors (Lipinski definition) is 9. The van der Waals surface area contributed by atoms with Gasteiger partial charge in [-0.15, -0.1) is 0 Å². The van der Waals surface area contributed by atoms with Crippen molar-refractivity contribution >= 4 is 12.0 Å². The Morgan fingerprint density at radius 3 is 2.54 bits per heavy atom. The standard InChI is InChI=1S/C19H25NO8/c1-18(2)25-13-11(7-6-8-12-20-10(9-23-12)16(21)22-5)24-17-15(14(13)26-18)27-19(3,4)28-17/h6,8-9,11,13-15,17H,7H2,1-5H3/b8-6+/t11-,13+,14+,15-,17-/m1/s1. The van der Waals surface area contributed by atoms with Gasteiger partial charge in [-0.2, -0.15) is 0 Å². The van der Waals surface area contributed by atoms with Crippen molar-refractivity contribution in [3.8, 4) is 0 Å². The van der Waals surface area contributed by atoms with Crippen LogP contribution in [0.5, 0.6) is 0 Å². The Bertz CT molecular complexity index is 770. The minimum absolute atomic E-state index is 0.118. The number of ether oxygens (including phenoxy) is 6. The number of hydrogen-bond donors (Lipinski definition) is 0. The monoisotopic (exact) mass is 395 g/mol. The Hall–Kier alpha value is -1.78. The molecule has 9 heteroatoms. The van der Waals surface area contributed by atoms with Crippen LogP contribution in [0, 0.1) is 0 Å². The molecule has 3 fully saturated rings. The van der Waals surface area contributed by atoms with Gasteiger partial charge in [0.25, 0.3) is 0 Å². The molecular formula is C19H25NO8. The summed E-state index contributed by atoms with van der Waals surface area (Å²) in [6.07, 6.45) is 3.54. The van der Waals surface area contributed by atoms with Crippen molar-refractivity contribution in [2.45, 2.75) is 76.4 Å². The zero-order chi connectivity index (χ0) is 20.1. The first-order valence-corrected chi connectivity index (χ1v) is 9.24. The molecule has 0 bridgehead atoms. The lowest BCUT2D eigenvalue weighted by molar-refractivity contribution is -0.232. The number of carbonyl (C=O) groups excluding carboxylic acids is 1. The molecule has 1 aromatic heterocycles. The number of fused-ring (bicyclic) bond motifs is 3. The molecule has 0 amide bonds. The van der Waals surface area contributed by atoms with Crippen LogP contribution >= 0.6 is 0 Å². The van der Waals surface area contributed by atoms with Gasteiger partial charge in [-0.1, -0.05) is 6.08 Å². The van der Waals surface area contributed by atoms with E-state index in [2.05, 4.69) is 9.72 Å². The SMILES string of the molecule is COC(=O)c1coc(/C=C/C[C@H]2O[C@@H]3OC(C)(C)O[C@@H]3[C@H]3OC(C)(C)O[C@H]32)n1. The third-order valence-electron chi connectivity index (χ3n) is 4.80. The molecule has 9 nitrogen and oxygen atoms in total. The number of oxazole rings is 1. The zero-order valence-corrected chi connectivity index (χ0v) is 16.5. The lowest BCUT2D eigenvalue weighted by Crippen LogP contribution is -2.54. The van der Waals surface area contributed by atoms with Crippen molar-refractivity contribution < 1.29 is 37.6 Å². The predicted molar refractivity (Wildman–Crippen MR) is 94.0 cm³/mol. The summed E-state index contributed by atoms with van der Waals surface area (Å²) >= 11 is 0. The van der Waals surface area contributed by atoms with Crippen molar-refractivity contribution in [2.24, 2.45) is 0 Å². The number of esters is 1. The van der Waals surface area contributed by atoms with Crippen LogP contribution in [0.25, 0.3) is 6.08 Å². The lowest BCUT2D eigenvalue weighted by Gasteiger charge is -2.36. The van der Waals surface area contributed by atoms with Crippen molar-refractivity contribution in [3.63, 3.8) is 0 Å². The first kappa shape index (κ1) is 19.5. The third kappa shape index (κ3) is 3.72. The topological polar surface area (TPSA) is 98.5 Å². The molecule has 0 spiro atoms. The summed E-state index contributed by atoms with van der Waals surface area (Å²) in [7, 11) is 1.29. The quantitative estimate of drug-likeness (QED) is 0.711. The van der Waals surface area contributed by atoms with Crippen LogP contribution < -0.4 is 0 Å². The van der Waals surface area contributed by atoms with Gasteiger partial charge in [-0.05, 0) is 40.2 Å². The molecule has 0 unspecified atom stereocenters. The molecule has 4 rings (SSSR count). The smallest absolute Gasteiger partial charge is 0.360 e. The van der Waals surface area contributed by atoms with E-state index in [9.17, 15) is 4.79 Å². The van der Waals surface area contributed by atoms with Crippen LogP contribution in [0.3, 0.4) is 0 Å². The largest absolute Gasteiger partial charge is 0.464 e. The normalized spacial score (nSPS) is 35.7. The first-order valence-electron chi connectivity index (χ1n) is 9.24. The summed E-state index contributed by atoms with van der Waals surface area (Å²) in [4.78, 5) is 15.5. The summed E-state index contributed by atoms with van der Waals surface area (Å²) in [6, 6.07) is 0. The molecule has 1 aromatic rings. The molecule has 154 valence electrons. The average molecular weight is 395 g/mol. The number of rotatable bonds is 4. The maximum absolute atomic E-state index is 11.4. The van der Waals surface area contributed by atoms with Gasteiger partial charge in [-0.3, -0.25) is 0 Å². The van der Waals surface area contributed by atoms with E-state index in [1.54, 1.807) is 6.08 Å². The second-order valence-corrected chi connectivity index (χ2v) is 7.91. The fraction of sp³-hybridized carbons (Fsp3) is 0.684. The van der Waals surface area contributed by atoms with Gasteiger partial charge in [0.15, 0.2) is 23.6 Å². The van der Waals surface area contributed by atoms with Gasteiger partial charge >= 0.3 is 5.97 Å². The van der Waals surface area contributed by atoms with Crippen LogP contribution in [0.1, 0.15) is 50.5 Å². The number of aromatic nitrogens is 1. The molecule has 0 aromatic carbocycles. The zero-order valence-electron chi connectivity index (χ0n) is 16.5.